The number of aromatic nitrogens is 12. The minimum Gasteiger partial charge on any atom is -0.465 e. The predicted molar refractivity (Wildman–Crippen MR) is 446 cm³/mol. The number of carbonyl (C=O) groups excluding carboxylic acids is 6. The maximum absolute atomic E-state index is 12.0. The first-order valence-electron chi connectivity index (χ1n) is 36.9. The molecule has 0 spiro atoms. The van der Waals surface area contributed by atoms with Gasteiger partial charge in [-0.25, -0.2) is 37.9 Å². The van der Waals surface area contributed by atoms with Crippen LogP contribution in [0.3, 0.4) is 0 Å². The van der Waals surface area contributed by atoms with E-state index in [4.69, 9.17) is 39.5 Å². The summed E-state index contributed by atoms with van der Waals surface area (Å²) in [6.07, 6.45) is 0.250. The van der Waals surface area contributed by atoms with Gasteiger partial charge in [-0.1, -0.05) is 257 Å². The van der Waals surface area contributed by atoms with Crippen LogP contribution in [-0.2, 0) is 61.3 Å². The van der Waals surface area contributed by atoms with Crippen LogP contribution in [0, 0.1) is 30.6 Å². The summed E-state index contributed by atoms with van der Waals surface area (Å²) in [5.74, 6) is 11.2. The lowest BCUT2D eigenvalue weighted by Gasteiger charge is -2.19. The predicted octanol–water partition coefficient (Wildman–Crippen LogP) is 16.7. The topological polar surface area (TPSA) is 311 Å². The van der Waals surface area contributed by atoms with Crippen molar-refractivity contribution in [3.63, 3.8) is 0 Å². The van der Waals surface area contributed by atoms with E-state index in [0.717, 1.165) is 140 Å². The molecule has 25 nitrogen and oxygen atoms in total. The smallest absolute Gasteiger partial charge is 0.373 e. The highest BCUT2D eigenvalue weighted by molar-refractivity contribution is 6.01. The number of esters is 4. The summed E-state index contributed by atoms with van der Waals surface area (Å²) >= 11 is 0. The highest BCUT2D eigenvalue weighted by Crippen LogP contribution is 2.48. The second kappa shape index (κ2) is 37.5. The van der Waals surface area contributed by atoms with Gasteiger partial charge in [0.1, 0.15) is 22.8 Å². The zero-order chi connectivity index (χ0) is 82.0. The SMILES string of the molecule is C.C1#Cc2ccccc2C#Cc2ccccc21.COC(=O)c1ccc(CN=[N+]=[N-])cc1.COC(=O)c1ccc(Cn2nnc3c2-c2ccccc2-c2c(nnn2Cc2ccc(C(=O)OC)cc2)-c2ccccc2-3)cc1.COC(=O)c1ccc(Cn2nnc3c2-c2ccccc2-c2nnn(Cc4ccc(C)cc4)c2-c2ccccc2-3)cc1.O=C=O. The average molecular weight is 1570 g/mol. The van der Waals surface area contributed by atoms with E-state index < -0.39 is 0 Å². The molecular formula is C94H73N15O10. The van der Waals surface area contributed by atoms with Crippen LogP contribution in [0.25, 0.3) is 101 Å². The quantitative estimate of drug-likeness (QED) is 0.0244. The molecule has 4 aromatic heterocycles. The van der Waals surface area contributed by atoms with E-state index in [2.05, 4.69) is 137 Å². The third-order valence-electron chi connectivity index (χ3n) is 19.5. The maximum Gasteiger partial charge on any atom is 0.373 e. The lowest BCUT2D eigenvalue weighted by Crippen LogP contribution is -2.09. The third kappa shape index (κ3) is 17.9. The second-order valence-corrected chi connectivity index (χ2v) is 26.8. The van der Waals surface area contributed by atoms with E-state index in [9.17, 15) is 19.2 Å². The molecule has 0 N–H and O–H groups in total. The summed E-state index contributed by atoms with van der Waals surface area (Å²) < 4.78 is 26.8. The molecule has 25 heteroatoms. The van der Waals surface area contributed by atoms with Crippen LogP contribution in [0.2, 0.25) is 0 Å². The Morgan fingerprint density at radius 1 is 0.336 bits per heavy atom. The Bertz CT molecular complexity index is 6220. The molecule has 0 aliphatic heterocycles. The van der Waals surface area contributed by atoms with Crippen molar-refractivity contribution in [1.29, 1.82) is 0 Å². The van der Waals surface area contributed by atoms with Gasteiger partial charge in [0, 0.05) is 71.7 Å². The van der Waals surface area contributed by atoms with Crippen LogP contribution in [0.4, 0.5) is 0 Å². The maximum atomic E-state index is 12.0. The van der Waals surface area contributed by atoms with Gasteiger partial charge in [0.15, 0.2) is 0 Å². The molecule has 15 aromatic rings. The van der Waals surface area contributed by atoms with Crippen molar-refractivity contribution in [1.82, 2.24) is 60.0 Å². The number of azide groups is 1. The van der Waals surface area contributed by atoms with Crippen LogP contribution >= 0.6 is 0 Å². The molecule has 11 aromatic carbocycles. The first-order valence-corrected chi connectivity index (χ1v) is 36.9. The van der Waals surface area contributed by atoms with Gasteiger partial charge in [-0.15, -0.1) is 20.4 Å². The van der Waals surface area contributed by atoms with Crippen molar-refractivity contribution in [2.75, 3.05) is 28.4 Å². The number of ether oxygens (including phenoxy) is 4. The fraction of sp³-hybridized carbons (Fsp3) is 0.117. The molecule has 3 aliphatic rings. The fourth-order valence-electron chi connectivity index (χ4n) is 13.7. The van der Waals surface area contributed by atoms with Gasteiger partial charge < -0.3 is 18.9 Å². The molecular weight excluding hydrogens is 1500 g/mol. The van der Waals surface area contributed by atoms with Crippen LogP contribution in [-0.4, -0.2) is 118 Å². The van der Waals surface area contributed by atoms with Crippen LogP contribution < -0.4 is 0 Å². The van der Waals surface area contributed by atoms with E-state index in [0.29, 0.717) is 48.4 Å². The Labute approximate surface area is 683 Å². The van der Waals surface area contributed by atoms with Crippen molar-refractivity contribution >= 4 is 30.0 Å². The van der Waals surface area contributed by atoms with E-state index in [1.54, 1.807) is 60.7 Å². The molecule has 584 valence electrons. The Morgan fingerprint density at radius 2 is 0.546 bits per heavy atom. The van der Waals surface area contributed by atoms with Crippen molar-refractivity contribution < 1.29 is 47.7 Å². The van der Waals surface area contributed by atoms with E-state index in [1.807, 2.05) is 164 Å². The number of nitrogens with zero attached hydrogens (tertiary/aromatic N) is 15. The Balaban J connectivity index is 0.000000149. The summed E-state index contributed by atoms with van der Waals surface area (Å²) in [6.45, 7) is 4.34. The van der Waals surface area contributed by atoms with E-state index in [-0.39, 0.29) is 44.0 Å². The first-order chi connectivity index (χ1) is 57.8. The van der Waals surface area contributed by atoms with Crippen LogP contribution in [0.15, 0.2) is 272 Å². The van der Waals surface area contributed by atoms with Crippen LogP contribution in [0.5, 0.6) is 0 Å². The van der Waals surface area contributed by atoms with E-state index >= 15 is 0 Å². The Kier molecular flexibility index (Phi) is 25.5. The van der Waals surface area contributed by atoms with Gasteiger partial charge in [-0.05, 0) is 113 Å². The van der Waals surface area contributed by atoms with Crippen molar-refractivity contribution in [2.24, 2.45) is 5.11 Å². The lowest BCUT2D eigenvalue weighted by molar-refractivity contribution is -0.191. The van der Waals surface area contributed by atoms with Crippen molar-refractivity contribution in [2.45, 2.75) is 47.1 Å². The van der Waals surface area contributed by atoms with Crippen molar-refractivity contribution in [3.05, 3.63) is 355 Å². The number of rotatable bonds is 14. The molecule has 0 radical (unpaired) electrons. The Morgan fingerprint density at radius 3 is 0.790 bits per heavy atom. The normalized spacial score (nSPS) is 10.7. The van der Waals surface area contributed by atoms with Gasteiger partial charge in [-0.3, -0.25) is 0 Å². The number of carbonyl (C=O) groups is 4. The zero-order valence-corrected chi connectivity index (χ0v) is 64.2. The molecule has 3 aliphatic carbocycles. The summed E-state index contributed by atoms with van der Waals surface area (Å²) in [6, 6.07) is 85.7. The highest BCUT2D eigenvalue weighted by atomic mass is 16.5. The van der Waals surface area contributed by atoms with Crippen LogP contribution in [0.1, 0.15) is 104 Å². The van der Waals surface area contributed by atoms with Gasteiger partial charge >= 0.3 is 30.0 Å². The molecule has 0 atom stereocenters. The van der Waals surface area contributed by atoms with Gasteiger partial charge in [0.25, 0.3) is 0 Å². The van der Waals surface area contributed by atoms with Gasteiger partial charge in [0.2, 0.25) is 0 Å². The first kappa shape index (κ1) is 80.7. The molecule has 4 heterocycles. The number of benzene rings is 11. The standard InChI is InChI=1S/C34H26N6O4.C33H26N6O2.C16H8.C9H9N3O2.CO2.CH4/c1-43-33(41)23-15-11-21(12-16-23)19-39-31-27-9-5-6-10-28(27)32-30(26-8-4-3-7-25(26)29(31)35-37-39)36-38-40(32)20-22-13-17-24(18-14-22)34(42)44-2;1-21-11-13-22(14-12-21)19-38-31-27-9-5-3-7-25(27)30-32(28-10-6-4-8-26(28)29(31)34-36-38)39(37-35-30)20-23-15-17-24(18-16-23)33(40)41-2;1-2-6-14-11-12-16-8-4-3-7-15(16)10-9-13(14)5-1;1-14-9(13)8-4-2-7(3-5-8)6-11-12-10;2-1-3;/h3-18H,19-20H2,1-2H3;3-18H,19-20H2,1-2H3;1-8H;2-5H,6H2,1H3;;1H4. The monoisotopic (exact) mass is 1570 g/mol. The molecule has 18 rings (SSSR count). The molecule has 119 heavy (non-hydrogen) atoms. The highest BCUT2D eigenvalue weighted by Gasteiger charge is 2.33. The Hall–Kier alpha value is -16.3. The number of fused-ring (bicyclic) bond motifs is 18. The largest absolute Gasteiger partial charge is 0.465 e. The van der Waals surface area contributed by atoms with Gasteiger partial charge in [0.05, 0.1) is 106 Å². The third-order valence-corrected chi connectivity index (χ3v) is 19.5. The number of aryl methyl sites for hydroxylation is 1. The summed E-state index contributed by atoms with van der Waals surface area (Å²) in [4.78, 5) is 65.7. The average Bonchev–Trinajstić information content (AvgIpc) is 1.61. The molecule has 0 fully saturated rings. The summed E-state index contributed by atoms with van der Waals surface area (Å²) in [5.41, 5.74) is 34.5. The molecule has 0 amide bonds. The summed E-state index contributed by atoms with van der Waals surface area (Å²) in [5, 5.41) is 40.7. The molecule has 0 unspecified atom stereocenters. The summed E-state index contributed by atoms with van der Waals surface area (Å²) in [7, 11) is 5.44. The molecule has 0 saturated carbocycles. The molecule has 0 saturated heterocycles. The fourth-order valence-corrected chi connectivity index (χ4v) is 13.7. The number of methoxy groups -OCH3 is 4. The van der Waals surface area contributed by atoms with E-state index in [1.165, 1.54) is 34.0 Å². The second-order valence-electron chi connectivity index (χ2n) is 26.8. The van der Waals surface area contributed by atoms with Gasteiger partial charge in [-0.2, -0.15) is 9.59 Å². The number of hydrogen-bond acceptors (Lipinski definition) is 19. The van der Waals surface area contributed by atoms with Crippen molar-refractivity contribution in [3.8, 4) is 114 Å². The lowest BCUT2D eigenvalue weighted by atomic mass is 9.89. The zero-order valence-electron chi connectivity index (χ0n) is 64.2. The minimum absolute atomic E-state index is 0. The number of hydrogen-bond donors (Lipinski definition) is 0. The molecule has 0 bridgehead atoms. The minimum atomic E-state index is -0.381.